The third-order valence-corrected chi connectivity index (χ3v) is 7.56. The Kier molecular flexibility index (Phi) is 4.92. The molecule has 4 rings (SSSR count). The zero-order chi connectivity index (χ0) is 18.9. The second-order valence-corrected chi connectivity index (χ2v) is 9.38. The molecule has 0 bridgehead atoms. The Balaban J connectivity index is 1.57. The topological polar surface area (TPSA) is 62.1 Å². The van der Waals surface area contributed by atoms with Crippen LogP contribution in [-0.4, -0.2) is 48.5 Å². The third-order valence-electron chi connectivity index (χ3n) is 4.98. The van der Waals surface area contributed by atoms with Gasteiger partial charge in [0, 0.05) is 31.5 Å². The van der Waals surface area contributed by atoms with E-state index < -0.39 is 15.7 Å². The van der Waals surface area contributed by atoms with Crippen LogP contribution >= 0.6 is 11.8 Å². The Hall–Kier alpha value is -1.96. The monoisotopic (exact) mass is 399 g/mol. The molecule has 7 heteroatoms. The summed E-state index contributed by atoms with van der Waals surface area (Å²) in [6.07, 6.45) is 3.20. The molecule has 2 aromatic carbocycles. The molecule has 0 aromatic heterocycles. The molecule has 140 valence electrons. The van der Waals surface area contributed by atoms with Crippen molar-refractivity contribution in [3.8, 4) is 0 Å². The standard InChI is InChI=1S/C20H21N3O2S2/c1-26-19-18(16-8-4-2-5-9-16)21-20(22-19)12-14-23(15-13-20)27(24,25)17-10-6-3-7-11-17/h2-11H,12-15H2,1H3. The molecule has 1 saturated heterocycles. The van der Waals surface area contributed by atoms with Crippen LogP contribution in [0.15, 0.2) is 75.5 Å². The Bertz CT molecular complexity index is 978. The maximum absolute atomic E-state index is 12.8. The Morgan fingerprint density at radius 1 is 0.926 bits per heavy atom. The number of thioether (sulfide) groups is 1. The fourth-order valence-electron chi connectivity index (χ4n) is 3.50. The summed E-state index contributed by atoms with van der Waals surface area (Å²) in [5, 5.41) is 0.931. The van der Waals surface area contributed by atoms with Crippen molar-refractivity contribution in [1.29, 1.82) is 0 Å². The average Bonchev–Trinajstić information content (AvgIpc) is 3.08. The normalized spacial score (nSPS) is 19.7. The maximum Gasteiger partial charge on any atom is 0.243 e. The van der Waals surface area contributed by atoms with E-state index in [2.05, 4.69) is 0 Å². The summed E-state index contributed by atoms with van der Waals surface area (Å²) in [6, 6.07) is 18.7. The van der Waals surface area contributed by atoms with E-state index in [1.807, 2.05) is 42.7 Å². The van der Waals surface area contributed by atoms with Crippen molar-refractivity contribution < 1.29 is 8.42 Å². The van der Waals surface area contributed by atoms with Crippen LogP contribution in [-0.2, 0) is 10.0 Å². The van der Waals surface area contributed by atoms with E-state index in [1.54, 1.807) is 40.3 Å². The van der Waals surface area contributed by atoms with Crippen LogP contribution in [0, 0.1) is 0 Å². The van der Waals surface area contributed by atoms with Crippen LogP contribution in [0.25, 0.3) is 0 Å². The molecular weight excluding hydrogens is 378 g/mol. The van der Waals surface area contributed by atoms with Crippen LogP contribution in [0.3, 0.4) is 0 Å². The lowest BCUT2D eigenvalue weighted by molar-refractivity contribution is 0.249. The van der Waals surface area contributed by atoms with E-state index >= 15 is 0 Å². The smallest absolute Gasteiger partial charge is 0.243 e. The summed E-state index contributed by atoms with van der Waals surface area (Å²) in [7, 11) is -3.46. The van der Waals surface area contributed by atoms with E-state index in [4.69, 9.17) is 9.98 Å². The molecule has 0 atom stereocenters. The number of sulfonamides is 1. The fourth-order valence-corrected chi connectivity index (χ4v) is 5.58. The number of aliphatic imine (C=N–C) groups is 2. The van der Waals surface area contributed by atoms with Crippen molar-refractivity contribution in [3.63, 3.8) is 0 Å². The second-order valence-electron chi connectivity index (χ2n) is 6.65. The third kappa shape index (κ3) is 3.47. The fraction of sp³-hybridized carbons (Fsp3) is 0.300. The van der Waals surface area contributed by atoms with Crippen molar-refractivity contribution in [2.24, 2.45) is 9.98 Å². The Morgan fingerprint density at radius 2 is 1.52 bits per heavy atom. The number of hydrogen-bond donors (Lipinski definition) is 0. The number of benzene rings is 2. The number of nitrogens with zero attached hydrogens (tertiary/aromatic N) is 3. The molecule has 0 amide bonds. The van der Waals surface area contributed by atoms with Gasteiger partial charge in [-0.3, -0.25) is 4.99 Å². The highest BCUT2D eigenvalue weighted by atomic mass is 32.2. The molecule has 2 heterocycles. The first kappa shape index (κ1) is 18.4. The van der Waals surface area contributed by atoms with Crippen LogP contribution in [0.5, 0.6) is 0 Å². The molecule has 2 aliphatic heterocycles. The predicted octanol–water partition coefficient (Wildman–Crippen LogP) is 3.43. The molecule has 0 saturated carbocycles. The average molecular weight is 400 g/mol. The molecule has 5 nitrogen and oxygen atoms in total. The largest absolute Gasteiger partial charge is 0.252 e. The van der Waals surface area contributed by atoms with Gasteiger partial charge in [-0.25, -0.2) is 13.4 Å². The van der Waals surface area contributed by atoms with E-state index in [1.165, 1.54) is 0 Å². The quantitative estimate of drug-likeness (QED) is 0.794. The number of rotatable bonds is 3. The molecule has 2 aliphatic rings. The molecular formula is C20H21N3O2S2. The lowest BCUT2D eigenvalue weighted by Crippen LogP contribution is -2.44. The Morgan fingerprint density at radius 3 is 2.11 bits per heavy atom. The first-order chi connectivity index (χ1) is 13.0. The van der Waals surface area contributed by atoms with Gasteiger partial charge in [0.1, 0.15) is 5.04 Å². The highest BCUT2D eigenvalue weighted by Crippen LogP contribution is 2.36. The molecule has 0 aliphatic carbocycles. The van der Waals surface area contributed by atoms with Crippen molar-refractivity contribution >= 4 is 32.5 Å². The summed E-state index contributed by atoms with van der Waals surface area (Å²) in [4.78, 5) is 10.2. The van der Waals surface area contributed by atoms with Gasteiger partial charge in [-0.2, -0.15) is 4.31 Å². The van der Waals surface area contributed by atoms with E-state index in [-0.39, 0.29) is 0 Å². The lowest BCUT2D eigenvalue weighted by Gasteiger charge is -2.34. The molecule has 0 unspecified atom stereocenters. The van der Waals surface area contributed by atoms with Gasteiger partial charge in [0.15, 0.2) is 5.66 Å². The van der Waals surface area contributed by atoms with Gasteiger partial charge in [-0.05, 0) is 18.4 Å². The van der Waals surface area contributed by atoms with Crippen molar-refractivity contribution in [1.82, 2.24) is 4.31 Å². The highest BCUT2D eigenvalue weighted by molar-refractivity contribution is 8.15. The van der Waals surface area contributed by atoms with Gasteiger partial charge in [-0.1, -0.05) is 48.5 Å². The predicted molar refractivity (Wildman–Crippen MR) is 111 cm³/mol. The second kappa shape index (κ2) is 7.22. The van der Waals surface area contributed by atoms with Crippen molar-refractivity contribution in [2.45, 2.75) is 23.4 Å². The SMILES string of the molecule is CSC1=NC2(CCN(S(=O)(=O)c3ccccc3)CC2)N=C1c1ccccc1. The van der Waals surface area contributed by atoms with E-state index in [0.29, 0.717) is 30.8 Å². The first-order valence-electron chi connectivity index (χ1n) is 8.89. The maximum atomic E-state index is 12.8. The minimum absolute atomic E-state index is 0.342. The number of hydrogen-bond acceptors (Lipinski definition) is 5. The highest BCUT2D eigenvalue weighted by Gasteiger charge is 2.42. The summed E-state index contributed by atoms with van der Waals surface area (Å²) < 4.78 is 27.2. The Labute approximate surface area is 164 Å². The van der Waals surface area contributed by atoms with Gasteiger partial charge >= 0.3 is 0 Å². The van der Waals surface area contributed by atoms with Crippen LogP contribution in [0.1, 0.15) is 18.4 Å². The zero-order valence-electron chi connectivity index (χ0n) is 15.1. The minimum atomic E-state index is -3.46. The minimum Gasteiger partial charge on any atom is -0.252 e. The molecule has 0 N–H and O–H groups in total. The van der Waals surface area contributed by atoms with Crippen molar-refractivity contribution in [3.05, 3.63) is 66.2 Å². The molecule has 0 radical (unpaired) electrons. The zero-order valence-corrected chi connectivity index (χ0v) is 16.7. The summed E-state index contributed by atoms with van der Waals surface area (Å²) >= 11 is 1.59. The van der Waals surface area contributed by atoms with Gasteiger partial charge in [0.2, 0.25) is 10.0 Å². The van der Waals surface area contributed by atoms with Gasteiger partial charge in [0.25, 0.3) is 0 Å². The van der Waals surface area contributed by atoms with E-state index in [9.17, 15) is 8.42 Å². The van der Waals surface area contributed by atoms with Gasteiger partial charge in [0.05, 0.1) is 10.6 Å². The summed E-state index contributed by atoms with van der Waals surface area (Å²) in [5.41, 5.74) is 1.44. The summed E-state index contributed by atoms with van der Waals surface area (Å²) in [5.74, 6) is 0. The lowest BCUT2D eigenvalue weighted by atomic mass is 10.00. The van der Waals surface area contributed by atoms with Crippen LogP contribution in [0.2, 0.25) is 0 Å². The first-order valence-corrected chi connectivity index (χ1v) is 11.6. The van der Waals surface area contributed by atoms with Crippen LogP contribution in [0.4, 0.5) is 0 Å². The van der Waals surface area contributed by atoms with Gasteiger partial charge < -0.3 is 0 Å². The van der Waals surface area contributed by atoms with Crippen molar-refractivity contribution in [2.75, 3.05) is 19.3 Å². The molecule has 1 spiro atoms. The summed E-state index contributed by atoms with van der Waals surface area (Å²) in [6.45, 7) is 0.849. The van der Waals surface area contributed by atoms with Crippen LogP contribution < -0.4 is 0 Å². The number of piperidine rings is 1. The molecule has 1 fully saturated rings. The molecule has 27 heavy (non-hydrogen) atoms. The van der Waals surface area contributed by atoms with E-state index in [0.717, 1.165) is 16.3 Å². The molecule has 2 aromatic rings. The van der Waals surface area contributed by atoms with Gasteiger partial charge in [-0.15, -0.1) is 11.8 Å².